The second-order valence-corrected chi connectivity index (χ2v) is 4.78. The Labute approximate surface area is 115 Å². The van der Waals surface area contributed by atoms with E-state index in [0.717, 1.165) is 24.4 Å². The lowest BCUT2D eigenvalue weighted by Crippen LogP contribution is -2.36. The Kier molecular flexibility index (Phi) is 6.36. The average Bonchev–Trinajstić information content (AvgIpc) is 2.42. The molecule has 1 N–H and O–H groups in total. The maximum absolute atomic E-state index is 11.9. The highest BCUT2D eigenvalue weighted by Crippen LogP contribution is 2.17. The molecular formula is C15H24N2O2. The summed E-state index contributed by atoms with van der Waals surface area (Å²) < 4.78 is 5.64. The molecule has 0 saturated heterocycles. The summed E-state index contributed by atoms with van der Waals surface area (Å²) in [5.41, 5.74) is 1.07. The van der Waals surface area contributed by atoms with Gasteiger partial charge in [-0.1, -0.05) is 25.1 Å². The van der Waals surface area contributed by atoms with Crippen molar-refractivity contribution in [1.82, 2.24) is 10.2 Å². The molecule has 0 atom stereocenters. The van der Waals surface area contributed by atoms with Crippen molar-refractivity contribution in [3.63, 3.8) is 0 Å². The Morgan fingerprint density at radius 3 is 2.68 bits per heavy atom. The second-order valence-electron chi connectivity index (χ2n) is 4.78. The number of carbonyl (C=O) groups excluding carboxylic acids is 1. The van der Waals surface area contributed by atoms with Crippen LogP contribution in [0.15, 0.2) is 24.3 Å². The minimum atomic E-state index is -0.00625. The summed E-state index contributed by atoms with van der Waals surface area (Å²) in [4.78, 5) is 13.6. The molecule has 0 radical (unpaired) electrons. The lowest BCUT2D eigenvalue weighted by atomic mass is 10.2. The molecule has 0 aromatic heterocycles. The predicted molar refractivity (Wildman–Crippen MR) is 77.2 cm³/mol. The molecule has 0 bridgehead atoms. The van der Waals surface area contributed by atoms with Crippen LogP contribution in [0.2, 0.25) is 0 Å². The van der Waals surface area contributed by atoms with Gasteiger partial charge in [0, 0.05) is 25.2 Å². The minimum Gasteiger partial charge on any atom is -0.483 e. The zero-order chi connectivity index (χ0) is 14.3. The van der Waals surface area contributed by atoms with E-state index >= 15 is 0 Å². The first-order chi connectivity index (χ1) is 9.06. The summed E-state index contributed by atoms with van der Waals surface area (Å²) >= 11 is 0. The average molecular weight is 264 g/mol. The maximum Gasteiger partial charge on any atom is 0.260 e. The van der Waals surface area contributed by atoms with Crippen molar-refractivity contribution in [3.8, 4) is 5.75 Å². The number of nitrogens with one attached hydrogen (secondary N) is 1. The number of ether oxygens (including phenoxy) is 1. The number of likely N-dealkylation sites (N-methyl/N-ethyl adjacent to an activating group) is 1. The van der Waals surface area contributed by atoms with Crippen LogP contribution in [0.3, 0.4) is 0 Å². The number of hydrogen-bond donors (Lipinski definition) is 1. The monoisotopic (exact) mass is 264 g/mol. The predicted octanol–water partition coefficient (Wildman–Crippen LogP) is 2.04. The Balaban J connectivity index is 2.59. The van der Waals surface area contributed by atoms with Gasteiger partial charge in [0.1, 0.15) is 5.75 Å². The van der Waals surface area contributed by atoms with Crippen molar-refractivity contribution in [2.24, 2.45) is 0 Å². The van der Waals surface area contributed by atoms with E-state index in [2.05, 4.69) is 12.2 Å². The number of nitrogens with zero attached hydrogens (tertiary/aromatic N) is 1. The molecule has 0 aliphatic heterocycles. The highest BCUT2D eigenvalue weighted by atomic mass is 16.5. The Hall–Kier alpha value is -1.55. The molecule has 1 rings (SSSR count). The molecule has 1 aromatic rings. The van der Waals surface area contributed by atoms with Crippen molar-refractivity contribution in [1.29, 1.82) is 0 Å². The van der Waals surface area contributed by atoms with Gasteiger partial charge < -0.3 is 15.0 Å². The van der Waals surface area contributed by atoms with Crippen LogP contribution >= 0.6 is 0 Å². The van der Waals surface area contributed by atoms with E-state index in [1.807, 2.05) is 38.1 Å². The molecule has 0 spiro atoms. The number of amides is 1. The molecule has 1 amide bonds. The third kappa shape index (κ3) is 4.91. The fourth-order valence-corrected chi connectivity index (χ4v) is 1.58. The van der Waals surface area contributed by atoms with Gasteiger partial charge in [-0.25, -0.2) is 0 Å². The molecule has 0 heterocycles. The molecule has 19 heavy (non-hydrogen) atoms. The van der Waals surface area contributed by atoms with E-state index in [1.165, 1.54) is 0 Å². The summed E-state index contributed by atoms with van der Waals surface area (Å²) in [6.45, 7) is 7.76. The van der Waals surface area contributed by atoms with E-state index in [0.29, 0.717) is 0 Å². The molecule has 0 unspecified atom stereocenters. The third-order valence-corrected chi connectivity index (χ3v) is 3.06. The van der Waals surface area contributed by atoms with Crippen LogP contribution in [0.1, 0.15) is 26.3 Å². The van der Waals surface area contributed by atoms with Crippen LogP contribution in [0, 0.1) is 0 Å². The molecule has 0 fully saturated rings. The number of benzene rings is 1. The molecule has 0 aliphatic carbocycles. The van der Waals surface area contributed by atoms with Gasteiger partial charge in [0.05, 0.1) is 0 Å². The highest BCUT2D eigenvalue weighted by Gasteiger charge is 2.13. The van der Waals surface area contributed by atoms with Gasteiger partial charge in [0.15, 0.2) is 6.61 Å². The summed E-state index contributed by atoms with van der Waals surface area (Å²) in [5, 5.41) is 3.26. The number of para-hydroxylation sites is 1. The largest absolute Gasteiger partial charge is 0.483 e. The van der Waals surface area contributed by atoms with Crippen LogP contribution in [0.25, 0.3) is 0 Å². The van der Waals surface area contributed by atoms with Gasteiger partial charge in [-0.05, 0) is 26.5 Å². The van der Waals surface area contributed by atoms with Gasteiger partial charge in [0.25, 0.3) is 5.91 Å². The van der Waals surface area contributed by atoms with Crippen LogP contribution in [-0.4, -0.2) is 37.0 Å². The van der Waals surface area contributed by atoms with E-state index in [4.69, 9.17) is 4.74 Å². The standard InChI is InChI=1S/C15H24N2O2/c1-5-16-10-13-8-6-7-9-14(13)19-11-15(18)17(4)12(2)3/h6-9,12,16H,5,10-11H2,1-4H3. The minimum absolute atomic E-state index is 0.00625. The zero-order valence-electron chi connectivity index (χ0n) is 12.3. The first-order valence-electron chi connectivity index (χ1n) is 6.73. The van der Waals surface area contributed by atoms with Crippen LogP contribution in [0.5, 0.6) is 5.75 Å². The molecule has 0 saturated carbocycles. The third-order valence-electron chi connectivity index (χ3n) is 3.06. The smallest absolute Gasteiger partial charge is 0.260 e. The summed E-state index contributed by atoms with van der Waals surface area (Å²) in [5.74, 6) is 0.766. The fourth-order valence-electron chi connectivity index (χ4n) is 1.58. The van der Waals surface area contributed by atoms with Gasteiger partial charge in [-0.2, -0.15) is 0 Å². The van der Waals surface area contributed by atoms with Gasteiger partial charge in [0.2, 0.25) is 0 Å². The molecule has 0 aliphatic rings. The number of rotatable bonds is 7. The lowest BCUT2D eigenvalue weighted by Gasteiger charge is -2.21. The Bertz CT molecular complexity index is 405. The van der Waals surface area contributed by atoms with Gasteiger partial charge >= 0.3 is 0 Å². The summed E-state index contributed by atoms with van der Waals surface area (Å²) in [6.07, 6.45) is 0. The molecule has 4 nitrogen and oxygen atoms in total. The van der Waals surface area contributed by atoms with Crippen LogP contribution in [-0.2, 0) is 11.3 Å². The van der Waals surface area contributed by atoms with Crippen LogP contribution < -0.4 is 10.1 Å². The van der Waals surface area contributed by atoms with Crippen molar-refractivity contribution >= 4 is 5.91 Å². The van der Waals surface area contributed by atoms with E-state index in [1.54, 1.807) is 11.9 Å². The Morgan fingerprint density at radius 1 is 1.37 bits per heavy atom. The van der Waals surface area contributed by atoms with E-state index in [9.17, 15) is 4.79 Å². The summed E-state index contributed by atoms with van der Waals surface area (Å²) in [6, 6.07) is 7.99. The van der Waals surface area contributed by atoms with Crippen molar-refractivity contribution in [3.05, 3.63) is 29.8 Å². The number of carbonyl (C=O) groups is 1. The van der Waals surface area contributed by atoms with Crippen molar-refractivity contribution in [2.75, 3.05) is 20.2 Å². The first-order valence-corrected chi connectivity index (χ1v) is 6.73. The fraction of sp³-hybridized carbons (Fsp3) is 0.533. The SMILES string of the molecule is CCNCc1ccccc1OCC(=O)N(C)C(C)C. The van der Waals surface area contributed by atoms with Crippen LogP contribution in [0.4, 0.5) is 0 Å². The van der Waals surface area contributed by atoms with E-state index < -0.39 is 0 Å². The lowest BCUT2D eigenvalue weighted by molar-refractivity contribution is -0.133. The maximum atomic E-state index is 11.9. The molecule has 1 aromatic carbocycles. The first kappa shape index (κ1) is 15.5. The topological polar surface area (TPSA) is 41.6 Å². The summed E-state index contributed by atoms with van der Waals surface area (Å²) in [7, 11) is 1.79. The zero-order valence-corrected chi connectivity index (χ0v) is 12.3. The normalized spacial score (nSPS) is 10.6. The van der Waals surface area contributed by atoms with E-state index in [-0.39, 0.29) is 18.6 Å². The van der Waals surface area contributed by atoms with Gasteiger partial charge in [-0.15, -0.1) is 0 Å². The van der Waals surface area contributed by atoms with Crippen molar-refractivity contribution < 1.29 is 9.53 Å². The Morgan fingerprint density at radius 2 is 2.05 bits per heavy atom. The quantitative estimate of drug-likeness (QED) is 0.819. The molecule has 4 heteroatoms. The molecular weight excluding hydrogens is 240 g/mol. The highest BCUT2D eigenvalue weighted by molar-refractivity contribution is 5.77. The van der Waals surface area contributed by atoms with Gasteiger partial charge in [-0.3, -0.25) is 4.79 Å². The second kappa shape index (κ2) is 7.79. The molecule has 106 valence electrons. The van der Waals surface area contributed by atoms with Crippen molar-refractivity contribution in [2.45, 2.75) is 33.4 Å². The number of hydrogen-bond acceptors (Lipinski definition) is 3.